The molecule has 0 saturated carbocycles. The zero-order valence-electron chi connectivity index (χ0n) is 12.0. The minimum absolute atomic E-state index is 0.130. The van der Waals surface area contributed by atoms with Gasteiger partial charge in [0.15, 0.2) is 11.6 Å². The molecule has 0 radical (unpaired) electrons. The SMILES string of the molecule is COc1ccc(CNC(=O)c2c(Cl)ccnc2OC)cc1F. The van der Waals surface area contributed by atoms with Gasteiger partial charge in [0, 0.05) is 12.7 Å². The van der Waals surface area contributed by atoms with Crippen molar-refractivity contribution < 1.29 is 18.7 Å². The number of hydrogen-bond donors (Lipinski definition) is 1. The fourth-order valence-electron chi connectivity index (χ4n) is 1.87. The molecule has 2 aromatic rings. The monoisotopic (exact) mass is 324 g/mol. The van der Waals surface area contributed by atoms with Gasteiger partial charge in [0.2, 0.25) is 5.88 Å². The van der Waals surface area contributed by atoms with Crippen molar-refractivity contribution in [2.75, 3.05) is 14.2 Å². The van der Waals surface area contributed by atoms with Crippen molar-refractivity contribution in [1.82, 2.24) is 10.3 Å². The van der Waals surface area contributed by atoms with Crippen molar-refractivity contribution >= 4 is 17.5 Å². The summed E-state index contributed by atoms with van der Waals surface area (Å²) in [6.45, 7) is 0.133. The molecule has 2 rings (SSSR count). The van der Waals surface area contributed by atoms with Crippen molar-refractivity contribution in [2.45, 2.75) is 6.54 Å². The number of pyridine rings is 1. The third-order valence-electron chi connectivity index (χ3n) is 2.96. The molecule has 5 nitrogen and oxygen atoms in total. The number of benzene rings is 1. The Balaban J connectivity index is 2.12. The maximum atomic E-state index is 13.6. The highest BCUT2D eigenvalue weighted by atomic mass is 35.5. The summed E-state index contributed by atoms with van der Waals surface area (Å²) in [5.74, 6) is -0.671. The zero-order chi connectivity index (χ0) is 16.1. The van der Waals surface area contributed by atoms with E-state index in [4.69, 9.17) is 21.1 Å². The standard InChI is InChI=1S/C15H14ClFN2O3/c1-21-12-4-3-9(7-11(12)17)8-19-14(20)13-10(16)5-6-18-15(13)22-2/h3-7H,8H2,1-2H3,(H,19,20). The van der Waals surface area contributed by atoms with Crippen LogP contribution in [0.15, 0.2) is 30.5 Å². The predicted octanol–water partition coefficient (Wildman–Crippen LogP) is 2.82. The highest BCUT2D eigenvalue weighted by molar-refractivity contribution is 6.34. The van der Waals surface area contributed by atoms with Gasteiger partial charge in [-0.1, -0.05) is 17.7 Å². The summed E-state index contributed by atoms with van der Waals surface area (Å²) in [6.07, 6.45) is 1.44. The summed E-state index contributed by atoms with van der Waals surface area (Å²) in [5.41, 5.74) is 0.728. The van der Waals surface area contributed by atoms with Crippen molar-refractivity contribution in [3.8, 4) is 11.6 Å². The number of carbonyl (C=O) groups is 1. The largest absolute Gasteiger partial charge is 0.494 e. The third-order valence-corrected chi connectivity index (χ3v) is 3.27. The summed E-state index contributed by atoms with van der Waals surface area (Å²) >= 11 is 5.99. The Bertz CT molecular complexity index is 694. The van der Waals surface area contributed by atoms with Crippen LogP contribution in [0.3, 0.4) is 0 Å². The van der Waals surface area contributed by atoms with Gasteiger partial charge in [0.25, 0.3) is 5.91 Å². The van der Waals surface area contributed by atoms with Gasteiger partial charge >= 0.3 is 0 Å². The molecule has 7 heteroatoms. The second-order valence-corrected chi connectivity index (χ2v) is 4.74. The van der Waals surface area contributed by atoms with Gasteiger partial charge in [-0.2, -0.15) is 0 Å². The molecule has 0 aliphatic rings. The molecule has 0 aliphatic heterocycles. The van der Waals surface area contributed by atoms with Crippen LogP contribution in [0, 0.1) is 5.82 Å². The van der Waals surface area contributed by atoms with Gasteiger partial charge in [-0.25, -0.2) is 9.37 Å². The lowest BCUT2D eigenvalue weighted by Crippen LogP contribution is -2.24. The van der Waals surface area contributed by atoms with Gasteiger partial charge in [0.1, 0.15) is 5.56 Å². The smallest absolute Gasteiger partial charge is 0.258 e. The van der Waals surface area contributed by atoms with Crippen LogP contribution in [0.5, 0.6) is 11.6 Å². The molecule has 0 bridgehead atoms. The normalized spacial score (nSPS) is 10.2. The van der Waals surface area contributed by atoms with Gasteiger partial charge in [-0.3, -0.25) is 4.79 Å². The Kier molecular flexibility index (Phi) is 5.16. The van der Waals surface area contributed by atoms with Crippen LogP contribution >= 0.6 is 11.6 Å². The Morgan fingerprint density at radius 3 is 2.73 bits per heavy atom. The van der Waals surface area contributed by atoms with E-state index in [-0.39, 0.29) is 28.8 Å². The van der Waals surface area contributed by atoms with E-state index in [1.807, 2.05) is 0 Å². The quantitative estimate of drug-likeness (QED) is 0.918. The van der Waals surface area contributed by atoms with Crippen molar-refractivity contribution in [3.63, 3.8) is 0 Å². The Morgan fingerprint density at radius 1 is 1.32 bits per heavy atom. The van der Waals surface area contributed by atoms with Crippen LogP contribution in [0.1, 0.15) is 15.9 Å². The van der Waals surface area contributed by atoms with E-state index >= 15 is 0 Å². The minimum atomic E-state index is -0.494. The van der Waals surface area contributed by atoms with Gasteiger partial charge < -0.3 is 14.8 Å². The highest BCUT2D eigenvalue weighted by Gasteiger charge is 2.17. The number of carbonyl (C=O) groups excluding carboxylic acids is 1. The number of amides is 1. The van der Waals surface area contributed by atoms with E-state index < -0.39 is 11.7 Å². The van der Waals surface area contributed by atoms with E-state index in [0.29, 0.717) is 5.56 Å². The number of rotatable bonds is 5. The van der Waals surface area contributed by atoms with E-state index in [1.54, 1.807) is 6.07 Å². The van der Waals surface area contributed by atoms with Crippen molar-refractivity contribution in [1.29, 1.82) is 0 Å². The van der Waals surface area contributed by atoms with Crippen LogP contribution < -0.4 is 14.8 Å². The molecule has 22 heavy (non-hydrogen) atoms. The molecule has 1 aromatic heterocycles. The molecule has 116 valence electrons. The fraction of sp³-hybridized carbons (Fsp3) is 0.200. The first-order valence-corrected chi connectivity index (χ1v) is 6.73. The number of nitrogens with zero attached hydrogens (tertiary/aromatic N) is 1. The van der Waals surface area contributed by atoms with Crippen molar-refractivity contribution in [2.24, 2.45) is 0 Å². The molecule has 0 saturated heterocycles. The topological polar surface area (TPSA) is 60.5 Å². The number of methoxy groups -OCH3 is 2. The lowest BCUT2D eigenvalue weighted by molar-refractivity contribution is 0.0947. The Morgan fingerprint density at radius 2 is 2.09 bits per heavy atom. The number of aromatic nitrogens is 1. The summed E-state index contributed by atoms with van der Waals surface area (Å²) in [6, 6.07) is 5.94. The Labute approximate surface area is 132 Å². The predicted molar refractivity (Wildman–Crippen MR) is 79.9 cm³/mol. The highest BCUT2D eigenvalue weighted by Crippen LogP contribution is 2.23. The first kappa shape index (κ1) is 16.0. The van der Waals surface area contributed by atoms with Crippen LogP contribution in [-0.4, -0.2) is 25.1 Å². The van der Waals surface area contributed by atoms with E-state index in [0.717, 1.165) is 0 Å². The lowest BCUT2D eigenvalue weighted by Gasteiger charge is -2.10. The molecule has 0 spiro atoms. The van der Waals surface area contributed by atoms with Crippen LogP contribution in [0.25, 0.3) is 0 Å². The molecule has 1 N–H and O–H groups in total. The molecule has 0 unspecified atom stereocenters. The second kappa shape index (κ2) is 7.09. The first-order chi connectivity index (χ1) is 10.6. The molecule has 0 atom stereocenters. The summed E-state index contributed by atoms with van der Waals surface area (Å²) < 4.78 is 23.4. The zero-order valence-corrected chi connectivity index (χ0v) is 12.8. The molecule has 1 aromatic carbocycles. The number of hydrogen-bond acceptors (Lipinski definition) is 4. The summed E-state index contributed by atoms with van der Waals surface area (Å²) in [5, 5.41) is 2.87. The van der Waals surface area contributed by atoms with Crippen LogP contribution in [-0.2, 0) is 6.54 Å². The number of halogens is 2. The maximum absolute atomic E-state index is 13.6. The van der Waals surface area contributed by atoms with E-state index in [9.17, 15) is 9.18 Å². The maximum Gasteiger partial charge on any atom is 0.258 e. The van der Waals surface area contributed by atoms with Crippen LogP contribution in [0.2, 0.25) is 5.02 Å². The molecular weight excluding hydrogens is 311 g/mol. The van der Waals surface area contributed by atoms with E-state index in [1.165, 1.54) is 38.6 Å². The molecule has 1 heterocycles. The molecule has 1 amide bonds. The molecule has 0 aliphatic carbocycles. The van der Waals surface area contributed by atoms with E-state index in [2.05, 4.69) is 10.3 Å². The van der Waals surface area contributed by atoms with Gasteiger partial charge in [-0.15, -0.1) is 0 Å². The summed E-state index contributed by atoms with van der Waals surface area (Å²) in [4.78, 5) is 16.1. The average Bonchev–Trinajstić information content (AvgIpc) is 2.52. The lowest BCUT2D eigenvalue weighted by atomic mass is 10.2. The molecule has 0 fully saturated rings. The van der Waals surface area contributed by atoms with Crippen molar-refractivity contribution in [3.05, 3.63) is 52.4 Å². The Hall–Kier alpha value is -2.34. The number of ether oxygens (including phenoxy) is 2. The third kappa shape index (κ3) is 3.46. The van der Waals surface area contributed by atoms with Gasteiger partial charge in [0.05, 0.1) is 19.2 Å². The van der Waals surface area contributed by atoms with Crippen LogP contribution in [0.4, 0.5) is 4.39 Å². The van der Waals surface area contributed by atoms with Gasteiger partial charge in [-0.05, 0) is 23.8 Å². The number of nitrogens with one attached hydrogen (secondary N) is 1. The first-order valence-electron chi connectivity index (χ1n) is 6.36. The average molecular weight is 325 g/mol. The second-order valence-electron chi connectivity index (χ2n) is 4.33. The minimum Gasteiger partial charge on any atom is -0.494 e. The molecular formula is C15H14ClFN2O3. The fourth-order valence-corrected chi connectivity index (χ4v) is 2.09. The summed E-state index contributed by atoms with van der Waals surface area (Å²) in [7, 11) is 2.78.